The quantitative estimate of drug-likeness (QED) is 0.625. The van der Waals surface area contributed by atoms with E-state index in [1.54, 1.807) is 14.0 Å². The molecule has 2 heterocycles. The predicted octanol–water partition coefficient (Wildman–Crippen LogP) is 1.64. The van der Waals surface area contributed by atoms with Crippen molar-refractivity contribution in [3.05, 3.63) is 33.8 Å². The van der Waals surface area contributed by atoms with Gasteiger partial charge in [-0.05, 0) is 13.8 Å². The molecule has 2 aromatic rings. The second-order valence-electron chi connectivity index (χ2n) is 4.03. The highest BCUT2D eigenvalue weighted by Crippen LogP contribution is 2.28. The summed E-state index contributed by atoms with van der Waals surface area (Å²) in [5.74, 6) is 1.42. The van der Waals surface area contributed by atoms with Crippen LogP contribution in [0.5, 0.6) is 0 Å². The Labute approximate surface area is 114 Å². The molecule has 0 atom stereocenters. The highest BCUT2D eigenvalue weighted by atomic mass is 16.6. The fourth-order valence-electron chi connectivity index (χ4n) is 1.64. The number of hydrogen-bond acceptors (Lipinski definition) is 8. The maximum absolute atomic E-state index is 11.1. The van der Waals surface area contributed by atoms with Crippen LogP contribution in [0, 0.1) is 24.0 Å². The number of nitro groups is 1. The van der Waals surface area contributed by atoms with E-state index in [1.807, 2.05) is 6.92 Å². The lowest BCUT2D eigenvalue weighted by atomic mass is 10.4. The number of rotatable bonds is 5. The Kier molecular flexibility index (Phi) is 3.78. The van der Waals surface area contributed by atoms with E-state index >= 15 is 0 Å². The molecule has 2 rings (SSSR count). The van der Waals surface area contributed by atoms with Crippen LogP contribution in [0.2, 0.25) is 0 Å². The molecule has 0 aliphatic carbocycles. The number of anilines is 2. The van der Waals surface area contributed by atoms with E-state index in [9.17, 15) is 10.1 Å². The summed E-state index contributed by atoms with van der Waals surface area (Å²) in [4.78, 5) is 22.4. The third-order valence-corrected chi connectivity index (χ3v) is 2.72. The van der Waals surface area contributed by atoms with E-state index in [-0.39, 0.29) is 23.9 Å². The van der Waals surface area contributed by atoms with Gasteiger partial charge < -0.3 is 15.1 Å². The van der Waals surface area contributed by atoms with Gasteiger partial charge in [0.2, 0.25) is 17.5 Å². The minimum absolute atomic E-state index is 0.114. The normalized spacial score (nSPS) is 10.3. The summed E-state index contributed by atoms with van der Waals surface area (Å²) in [6.07, 6.45) is 1.24. The highest BCUT2D eigenvalue weighted by molar-refractivity contribution is 5.68. The largest absolute Gasteiger partial charge is 0.444 e. The van der Waals surface area contributed by atoms with Crippen LogP contribution in [0.4, 0.5) is 17.3 Å². The summed E-state index contributed by atoms with van der Waals surface area (Å²) in [5, 5.41) is 16.6. The molecular formula is C11H14N6O3. The molecule has 0 fully saturated rings. The molecule has 0 aliphatic heterocycles. The van der Waals surface area contributed by atoms with Gasteiger partial charge in [0, 0.05) is 7.05 Å². The van der Waals surface area contributed by atoms with Crippen molar-refractivity contribution in [2.45, 2.75) is 20.4 Å². The smallest absolute Gasteiger partial charge is 0.353 e. The van der Waals surface area contributed by atoms with Crippen molar-refractivity contribution in [1.82, 2.24) is 15.0 Å². The van der Waals surface area contributed by atoms with Crippen molar-refractivity contribution >= 4 is 17.3 Å². The van der Waals surface area contributed by atoms with E-state index < -0.39 is 4.92 Å². The van der Waals surface area contributed by atoms with Crippen LogP contribution in [-0.4, -0.2) is 26.9 Å². The third-order valence-electron chi connectivity index (χ3n) is 2.72. The molecule has 0 saturated carbocycles. The van der Waals surface area contributed by atoms with Crippen molar-refractivity contribution < 1.29 is 9.34 Å². The van der Waals surface area contributed by atoms with Crippen LogP contribution in [0.15, 0.2) is 10.7 Å². The molecule has 106 valence electrons. The minimum atomic E-state index is -0.541. The number of oxazole rings is 1. The van der Waals surface area contributed by atoms with E-state index in [2.05, 4.69) is 25.6 Å². The van der Waals surface area contributed by atoms with E-state index in [0.717, 1.165) is 11.5 Å². The van der Waals surface area contributed by atoms with Gasteiger partial charge in [-0.25, -0.2) is 15.0 Å². The molecule has 0 radical (unpaired) electrons. The summed E-state index contributed by atoms with van der Waals surface area (Å²) in [5.41, 5.74) is 0.574. The second-order valence-corrected chi connectivity index (χ2v) is 4.03. The van der Waals surface area contributed by atoms with Crippen molar-refractivity contribution in [3.63, 3.8) is 0 Å². The van der Waals surface area contributed by atoms with Gasteiger partial charge in [0.1, 0.15) is 12.1 Å². The maximum Gasteiger partial charge on any atom is 0.353 e. The second kappa shape index (κ2) is 5.51. The SMILES string of the molecule is CNc1ncnc(NCc2nc(C)c(C)o2)c1[N+](=O)[O-]. The Bertz CT molecular complexity index is 620. The molecule has 9 nitrogen and oxygen atoms in total. The summed E-state index contributed by atoms with van der Waals surface area (Å²) in [7, 11) is 1.56. The molecule has 9 heteroatoms. The van der Waals surface area contributed by atoms with Crippen molar-refractivity contribution in [3.8, 4) is 0 Å². The van der Waals surface area contributed by atoms with Gasteiger partial charge >= 0.3 is 5.69 Å². The first-order chi connectivity index (χ1) is 9.52. The molecule has 0 aromatic carbocycles. The fraction of sp³-hybridized carbons (Fsp3) is 0.364. The summed E-state index contributed by atoms with van der Waals surface area (Å²) in [6, 6.07) is 0. The lowest BCUT2D eigenvalue weighted by Crippen LogP contribution is -2.08. The Balaban J connectivity index is 2.23. The molecular weight excluding hydrogens is 264 g/mol. The van der Waals surface area contributed by atoms with Gasteiger partial charge in [-0.2, -0.15) is 0 Å². The standard InChI is InChI=1S/C11H14N6O3/c1-6-7(2)20-8(16-6)4-13-11-9(17(18)19)10(12-3)14-5-15-11/h5H,4H2,1-3H3,(H2,12,13,14,15). The molecule has 0 unspecified atom stereocenters. The van der Waals surface area contributed by atoms with E-state index in [1.165, 1.54) is 6.33 Å². The number of aryl methyl sites for hydroxylation is 2. The van der Waals surface area contributed by atoms with Crippen LogP contribution in [-0.2, 0) is 6.54 Å². The molecule has 0 bridgehead atoms. The van der Waals surface area contributed by atoms with Crippen LogP contribution in [0.1, 0.15) is 17.3 Å². The van der Waals surface area contributed by atoms with Gasteiger partial charge in [0.15, 0.2) is 0 Å². The van der Waals surface area contributed by atoms with Crippen LogP contribution >= 0.6 is 0 Å². The number of hydrogen-bond donors (Lipinski definition) is 2. The average molecular weight is 278 g/mol. The molecule has 0 aliphatic rings. The molecule has 0 spiro atoms. The van der Waals surface area contributed by atoms with Gasteiger partial charge in [0.25, 0.3) is 0 Å². The zero-order chi connectivity index (χ0) is 14.7. The van der Waals surface area contributed by atoms with Crippen LogP contribution < -0.4 is 10.6 Å². The number of nitrogens with zero attached hydrogens (tertiary/aromatic N) is 4. The minimum Gasteiger partial charge on any atom is -0.444 e. The van der Waals surface area contributed by atoms with E-state index in [0.29, 0.717) is 5.89 Å². The lowest BCUT2D eigenvalue weighted by Gasteiger charge is -2.06. The van der Waals surface area contributed by atoms with Crippen molar-refractivity contribution in [1.29, 1.82) is 0 Å². The molecule has 20 heavy (non-hydrogen) atoms. The molecule has 0 saturated heterocycles. The third kappa shape index (κ3) is 2.66. The van der Waals surface area contributed by atoms with Crippen LogP contribution in [0.3, 0.4) is 0 Å². The first-order valence-electron chi connectivity index (χ1n) is 5.86. The van der Waals surface area contributed by atoms with Crippen molar-refractivity contribution in [2.24, 2.45) is 0 Å². The van der Waals surface area contributed by atoms with Crippen LogP contribution in [0.25, 0.3) is 0 Å². The predicted molar refractivity (Wildman–Crippen MR) is 71.5 cm³/mol. The summed E-state index contributed by atoms with van der Waals surface area (Å²) < 4.78 is 5.39. The molecule has 2 aromatic heterocycles. The Morgan fingerprint density at radius 1 is 1.35 bits per heavy atom. The van der Waals surface area contributed by atoms with Gasteiger partial charge in [-0.15, -0.1) is 0 Å². The monoisotopic (exact) mass is 278 g/mol. The Morgan fingerprint density at radius 3 is 2.60 bits per heavy atom. The number of nitrogens with one attached hydrogen (secondary N) is 2. The molecule has 0 amide bonds. The summed E-state index contributed by atoms with van der Waals surface area (Å²) in [6.45, 7) is 3.84. The average Bonchev–Trinajstić information content (AvgIpc) is 2.74. The summed E-state index contributed by atoms with van der Waals surface area (Å²) >= 11 is 0. The Morgan fingerprint density at radius 2 is 2.05 bits per heavy atom. The van der Waals surface area contributed by atoms with Gasteiger partial charge in [0.05, 0.1) is 17.2 Å². The highest BCUT2D eigenvalue weighted by Gasteiger charge is 2.22. The van der Waals surface area contributed by atoms with E-state index in [4.69, 9.17) is 4.42 Å². The lowest BCUT2D eigenvalue weighted by molar-refractivity contribution is -0.383. The zero-order valence-electron chi connectivity index (χ0n) is 11.3. The first kappa shape index (κ1) is 13.7. The van der Waals surface area contributed by atoms with Gasteiger partial charge in [-0.1, -0.05) is 0 Å². The fourth-order valence-corrected chi connectivity index (χ4v) is 1.64. The molecule has 2 N–H and O–H groups in total. The zero-order valence-corrected chi connectivity index (χ0v) is 11.3. The first-order valence-corrected chi connectivity index (χ1v) is 5.86. The van der Waals surface area contributed by atoms with Gasteiger partial charge in [-0.3, -0.25) is 10.1 Å². The van der Waals surface area contributed by atoms with Crippen molar-refractivity contribution in [2.75, 3.05) is 17.7 Å². The maximum atomic E-state index is 11.1. The topological polar surface area (TPSA) is 119 Å². The number of aromatic nitrogens is 3. The Hall–Kier alpha value is -2.71.